The second kappa shape index (κ2) is 9.40. The lowest BCUT2D eigenvalue weighted by Crippen LogP contribution is -2.36. The summed E-state index contributed by atoms with van der Waals surface area (Å²) in [7, 11) is 0. The normalized spacial score (nSPS) is 13.9. The van der Waals surface area contributed by atoms with Gasteiger partial charge in [-0.2, -0.15) is 0 Å². The lowest BCUT2D eigenvalue weighted by molar-refractivity contribution is 0.0725. The maximum absolute atomic E-state index is 12.9. The maximum atomic E-state index is 12.9. The average molecular weight is 380 g/mol. The van der Waals surface area contributed by atoms with E-state index in [1.54, 1.807) is 12.1 Å². The van der Waals surface area contributed by atoms with Gasteiger partial charge in [0.2, 0.25) is 0 Å². The Morgan fingerprint density at radius 3 is 2.21 bits per heavy atom. The van der Waals surface area contributed by atoms with Gasteiger partial charge >= 0.3 is 0 Å². The second-order valence-corrected chi connectivity index (χ2v) is 7.07. The minimum Gasteiger partial charge on any atom is -0.372 e. The third kappa shape index (κ3) is 4.53. The highest BCUT2D eigenvalue weighted by molar-refractivity contribution is 6.09. The van der Waals surface area contributed by atoms with Crippen LogP contribution < -0.4 is 10.2 Å². The average Bonchev–Trinajstić information content (AvgIpc) is 2.75. The number of carbonyl (C=O) groups is 2. The number of anilines is 2. The predicted molar refractivity (Wildman–Crippen MR) is 114 cm³/mol. The molecule has 1 aliphatic heterocycles. The molecule has 2 amide bonds. The summed E-state index contributed by atoms with van der Waals surface area (Å²) < 4.78 is 0. The highest BCUT2D eigenvalue weighted by Crippen LogP contribution is 2.21. The van der Waals surface area contributed by atoms with Crippen molar-refractivity contribution in [1.29, 1.82) is 0 Å². The SMILES string of the molecule is CCN(CC)c1ccc(C(=O)Nc2ccccc2C(=O)N2CCCCC2)cc1. The van der Waals surface area contributed by atoms with Crippen LogP contribution in [0.15, 0.2) is 48.5 Å². The number of para-hydroxylation sites is 1. The molecule has 2 aromatic rings. The second-order valence-electron chi connectivity index (χ2n) is 7.07. The molecule has 1 heterocycles. The van der Waals surface area contributed by atoms with Crippen molar-refractivity contribution in [1.82, 2.24) is 4.90 Å². The molecule has 3 rings (SSSR count). The van der Waals surface area contributed by atoms with Gasteiger partial charge < -0.3 is 15.1 Å². The number of nitrogens with one attached hydrogen (secondary N) is 1. The largest absolute Gasteiger partial charge is 0.372 e. The lowest BCUT2D eigenvalue weighted by atomic mass is 10.1. The summed E-state index contributed by atoms with van der Waals surface area (Å²) in [4.78, 5) is 29.7. The fourth-order valence-corrected chi connectivity index (χ4v) is 3.65. The van der Waals surface area contributed by atoms with Gasteiger partial charge in [-0.25, -0.2) is 0 Å². The molecule has 148 valence electrons. The maximum Gasteiger partial charge on any atom is 0.255 e. The molecule has 5 heteroatoms. The first-order valence-electron chi connectivity index (χ1n) is 10.2. The van der Waals surface area contributed by atoms with Gasteiger partial charge in [0.25, 0.3) is 11.8 Å². The molecule has 0 aliphatic carbocycles. The van der Waals surface area contributed by atoms with Gasteiger partial charge in [-0.15, -0.1) is 0 Å². The lowest BCUT2D eigenvalue weighted by Gasteiger charge is -2.27. The third-order valence-electron chi connectivity index (χ3n) is 5.31. The number of nitrogens with zero attached hydrogens (tertiary/aromatic N) is 2. The molecule has 0 radical (unpaired) electrons. The molecule has 1 fully saturated rings. The first-order chi connectivity index (χ1) is 13.6. The number of piperidine rings is 1. The Labute approximate surface area is 167 Å². The number of amides is 2. The monoisotopic (exact) mass is 379 g/mol. The molecule has 0 bridgehead atoms. The quantitative estimate of drug-likeness (QED) is 0.809. The number of hydrogen-bond acceptors (Lipinski definition) is 3. The van der Waals surface area contributed by atoms with E-state index in [1.165, 1.54) is 6.42 Å². The molecular weight excluding hydrogens is 350 g/mol. The number of benzene rings is 2. The fourth-order valence-electron chi connectivity index (χ4n) is 3.65. The van der Waals surface area contributed by atoms with Crippen LogP contribution in [0.3, 0.4) is 0 Å². The van der Waals surface area contributed by atoms with Gasteiger partial charge in [0.05, 0.1) is 11.3 Å². The van der Waals surface area contributed by atoms with Crippen molar-refractivity contribution >= 4 is 23.2 Å². The molecule has 0 spiro atoms. The molecule has 2 aromatic carbocycles. The zero-order chi connectivity index (χ0) is 19.9. The Morgan fingerprint density at radius 2 is 1.57 bits per heavy atom. The molecule has 5 nitrogen and oxygen atoms in total. The molecule has 0 unspecified atom stereocenters. The third-order valence-corrected chi connectivity index (χ3v) is 5.31. The van der Waals surface area contributed by atoms with Gasteiger partial charge in [0.15, 0.2) is 0 Å². The molecule has 0 atom stereocenters. The molecule has 28 heavy (non-hydrogen) atoms. The molecule has 1 aliphatic rings. The van der Waals surface area contributed by atoms with Crippen molar-refractivity contribution in [2.45, 2.75) is 33.1 Å². The topological polar surface area (TPSA) is 52.7 Å². The van der Waals surface area contributed by atoms with E-state index < -0.39 is 0 Å². The van der Waals surface area contributed by atoms with Crippen LogP contribution in [-0.4, -0.2) is 42.9 Å². The van der Waals surface area contributed by atoms with Crippen molar-refractivity contribution < 1.29 is 9.59 Å². The van der Waals surface area contributed by atoms with Crippen molar-refractivity contribution in [2.75, 3.05) is 36.4 Å². The number of hydrogen-bond donors (Lipinski definition) is 1. The van der Waals surface area contributed by atoms with Crippen molar-refractivity contribution in [3.63, 3.8) is 0 Å². The van der Waals surface area contributed by atoms with Crippen LogP contribution in [0.4, 0.5) is 11.4 Å². The van der Waals surface area contributed by atoms with Crippen molar-refractivity contribution in [3.05, 3.63) is 59.7 Å². The van der Waals surface area contributed by atoms with Crippen LogP contribution >= 0.6 is 0 Å². The Kier molecular flexibility index (Phi) is 6.69. The van der Waals surface area contributed by atoms with Crippen LogP contribution in [0.1, 0.15) is 53.8 Å². The molecule has 1 saturated heterocycles. The van der Waals surface area contributed by atoms with Crippen LogP contribution in [0.25, 0.3) is 0 Å². The summed E-state index contributed by atoms with van der Waals surface area (Å²) in [6.07, 6.45) is 3.25. The first kappa shape index (κ1) is 19.9. The Hall–Kier alpha value is -2.82. The number of carbonyl (C=O) groups excluding carboxylic acids is 2. The molecular formula is C23H29N3O2. The van der Waals surface area contributed by atoms with E-state index in [0.29, 0.717) is 16.8 Å². The molecule has 1 N–H and O–H groups in total. The van der Waals surface area contributed by atoms with Crippen molar-refractivity contribution in [2.24, 2.45) is 0 Å². The molecule has 0 saturated carbocycles. The highest BCUT2D eigenvalue weighted by Gasteiger charge is 2.21. The minimum atomic E-state index is -0.204. The number of rotatable bonds is 6. The summed E-state index contributed by atoms with van der Waals surface area (Å²) in [6, 6.07) is 14.8. The Morgan fingerprint density at radius 1 is 0.929 bits per heavy atom. The minimum absolute atomic E-state index is 0.00696. The van der Waals surface area contributed by atoms with Gasteiger partial charge in [-0.05, 0) is 69.5 Å². The van der Waals surface area contributed by atoms with Crippen LogP contribution in [0.2, 0.25) is 0 Å². The summed E-state index contributed by atoms with van der Waals surface area (Å²) in [5.41, 5.74) is 2.80. The van der Waals surface area contributed by atoms with Crippen LogP contribution in [0, 0.1) is 0 Å². The van der Waals surface area contributed by atoms with E-state index >= 15 is 0 Å². The summed E-state index contributed by atoms with van der Waals surface area (Å²) in [5.74, 6) is -0.211. The summed E-state index contributed by atoms with van der Waals surface area (Å²) in [6.45, 7) is 7.64. The predicted octanol–water partition coefficient (Wildman–Crippen LogP) is 4.41. The van der Waals surface area contributed by atoms with E-state index in [2.05, 4.69) is 24.1 Å². The van der Waals surface area contributed by atoms with E-state index in [4.69, 9.17) is 0 Å². The highest BCUT2D eigenvalue weighted by atomic mass is 16.2. The van der Waals surface area contributed by atoms with Gasteiger partial charge in [-0.1, -0.05) is 12.1 Å². The van der Waals surface area contributed by atoms with Crippen molar-refractivity contribution in [3.8, 4) is 0 Å². The Bertz CT molecular complexity index is 807. The summed E-state index contributed by atoms with van der Waals surface area (Å²) in [5, 5.41) is 2.92. The standard InChI is InChI=1S/C23H29N3O2/c1-3-25(4-2)19-14-12-18(13-15-19)22(27)24-21-11-7-6-10-20(21)23(28)26-16-8-5-9-17-26/h6-7,10-15H,3-5,8-9,16-17H2,1-2H3,(H,24,27). The van der Waals surface area contributed by atoms with E-state index in [1.807, 2.05) is 41.3 Å². The zero-order valence-corrected chi connectivity index (χ0v) is 16.8. The molecule has 0 aromatic heterocycles. The smallest absolute Gasteiger partial charge is 0.255 e. The van der Waals surface area contributed by atoms with E-state index in [0.717, 1.165) is 44.7 Å². The van der Waals surface area contributed by atoms with Crippen LogP contribution in [0.5, 0.6) is 0 Å². The van der Waals surface area contributed by atoms with E-state index in [-0.39, 0.29) is 11.8 Å². The first-order valence-corrected chi connectivity index (χ1v) is 10.2. The van der Waals surface area contributed by atoms with E-state index in [9.17, 15) is 9.59 Å². The van der Waals surface area contributed by atoms with Gasteiger partial charge in [0, 0.05) is 37.4 Å². The number of likely N-dealkylation sites (tertiary alicyclic amines) is 1. The zero-order valence-electron chi connectivity index (χ0n) is 16.8. The summed E-state index contributed by atoms with van der Waals surface area (Å²) >= 11 is 0. The van der Waals surface area contributed by atoms with Gasteiger partial charge in [0.1, 0.15) is 0 Å². The fraction of sp³-hybridized carbons (Fsp3) is 0.391. The van der Waals surface area contributed by atoms with Gasteiger partial charge in [-0.3, -0.25) is 9.59 Å². The van der Waals surface area contributed by atoms with Crippen LogP contribution in [-0.2, 0) is 0 Å². The Balaban J connectivity index is 1.74.